The lowest BCUT2D eigenvalue weighted by Crippen LogP contribution is -2.01. The predicted octanol–water partition coefficient (Wildman–Crippen LogP) is 2.32. The van der Waals surface area contributed by atoms with E-state index in [1.54, 1.807) is 42.0 Å². The van der Waals surface area contributed by atoms with Crippen LogP contribution in [0.3, 0.4) is 0 Å². The first-order valence-corrected chi connectivity index (χ1v) is 6.07. The number of hydrogen-bond donors (Lipinski definition) is 1. The molecule has 0 bridgehead atoms. The molecule has 3 rings (SSSR count). The van der Waals surface area contributed by atoms with E-state index >= 15 is 0 Å². The summed E-state index contributed by atoms with van der Waals surface area (Å²) in [4.78, 5) is 18.8. The number of benzene rings is 1. The average molecular weight is 285 g/mol. The summed E-state index contributed by atoms with van der Waals surface area (Å²) in [5.74, 6) is 0.481. The minimum atomic E-state index is -0.503. The largest absolute Gasteiger partial charge is 0.428 e. The molecule has 0 fully saturated rings. The number of nitrogen functional groups attached to an aromatic ring is 1. The maximum atomic E-state index is 11.1. The fraction of sp³-hybridized carbons (Fsp3) is 0.0769. The third kappa shape index (κ3) is 2.22. The number of imidazole rings is 1. The Morgan fingerprint density at radius 2 is 2.24 bits per heavy atom. The molecule has 2 aromatic heterocycles. The van der Waals surface area contributed by atoms with Gasteiger partial charge in [0.15, 0.2) is 0 Å². The van der Waals surface area contributed by atoms with Gasteiger partial charge in [-0.05, 0) is 12.5 Å². The smallest absolute Gasteiger partial charge is 0.311 e. The van der Waals surface area contributed by atoms with Gasteiger partial charge in [-0.25, -0.2) is 4.98 Å². The van der Waals surface area contributed by atoms with Crippen molar-refractivity contribution in [3.8, 4) is 11.6 Å². The summed E-state index contributed by atoms with van der Waals surface area (Å²) in [6.45, 7) is 1.72. The Morgan fingerprint density at radius 3 is 3.00 bits per heavy atom. The fourth-order valence-corrected chi connectivity index (χ4v) is 2.00. The lowest BCUT2D eigenvalue weighted by atomic mass is 10.2. The number of hydrogen-bond acceptors (Lipinski definition) is 6. The van der Waals surface area contributed by atoms with Gasteiger partial charge >= 0.3 is 5.69 Å². The first kappa shape index (κ1) is 12.9. The Labute approximate surface area is 119 Å². The minimum Gasteiger partial charge on any atom is -0.428 e. The van der Waals surface area contributed by atoms with Crippen molar-refractivity contribution in [2.24, 2.45) is 0 Å². The number of nitro benzene ring substituents is 1. The summed E-state index contributed by atoms with van der Waals surface area (Å²) in [5.41, 5.74) is 6.62. The topological polar surface area (TPSA) is 109 Å². The molecule has 0 saturated heterocycles. The highest BCUT2D eigenvalue weighted by atomic mass is 16.6. The number of ether oxygens (including phenoxy) is 1. The average Bonchev–Trinajstić information content (AvgIpc) is 2.88. The summed E-state index contributed by atoms with van der Waals surface area (Å²) in [6, 6.07) is 4.69. The SMILES string of the molecule is Cc1cccc([N+](=O)[O-])c1Oc1nc(N)cn2ccnc12. The van der Waals surface area contributed by atoms with E-state index < -0.39 is 4.92 Å². The van der Waals surface area contributed by atoms with Crippen molar-refractivity contribution < 1.29 is 9.66 Å². The Kier molecular flexibility index (Phi) is 2.90. The number of aryl methyl sites for hydroxylation is 1. The zero-order valence-corrected chi connectivity index (χ0v) is 11.1. The number of rotatable bonds is 3. The van der Waals surface area contributed by atoms with E-state index in [0.29, 0.717) is 11.2 Å². The molecule has 0 radical (unpaired) electrons. The van der Waals surface area contributed by atoms with Crippen LogP contribution in [0.4, 0.5) is 11.5 Å². The number of fused-ring (bicyclic) bond motifs is 1. The molecule has 8 heteroatoms. The van der Waals surface area contributed by atoms with Crippen molar-refractivity contribution in [1.29, 1.82) is 0 Å². The second-order valence-electron chi connectivity index (χ2n) is 4.41. The van der Waals surface area contributed by atoms with E-state index in [9.17, 15) is 10.1 Å². The first-order chi connectivity index (χ1) is 10.1. The van der Waals surface area contributed by atoms with E-state index in [-0.39, 0.29) is 23.1 Å². The summed E-state index contributed by atoms with van der Waals surface area (Å²) in [7, 11) is 0. The summed E-state index contributed by atoms with van der Waals surface area (Å²) in [6.07, 6.45) is 4.84. The van der Waals surface area contributed by atoms with Gasteiger partial charge in [0.25, 0.3) is 5.88 Å². The van der Waals surface area contributed by atoms with E-state index in [1.165, 1.54) is 6.07 Å². The van der Waals surface area contributed by atoms with Gasteiger partial charge in [0.1, 0.15) is 5.82 Å². The van der Waals surface area contributed by atoms with Crippen LogP contribution in [0.25, 0.3) is 5.65 Å². The third-order valence-electron chi connectivity index (χ3n) is 2.95. The summed E-state index contributed by atoms with van der Waals surface area (Å²) in [5, 5.41) is 11.1. The third-order valence-corrected chi connectivity index (χ3v) is 2.95. The number of aromatic nitrogens is 3. The van der Waals surface area contributed by atoms with Crippen LogP contribution < -0.4 is 10.5 Å². The Balaban J connectivity index is 2.15. The van der Waals surface area contributed by atoms with Gasteiger partial charge in [-0.15, -0.1) is 0 Å². The molecular formula is C13H11N5O3. The second-order valence-corrected chi connectivity index (χ2v) is 4.41. The van der Waals surface area contributed by atoms with E-state index in [4.69, 9.17) is 10.5 Å². The highest BCUT2D eigenvalue weighted by Gasteiger charge is 2.20. The summed E-state index contributed by atoms with van der Waals surface area (Å²) >= 11 is 0. The highest BCUT2D eigenvalue weighted by molar-refractivity contribution is 5.58. The molecule has 0 aliphatic rings. The molecule has 0 amide bonds. The molecule has 1 aromatic carbocycles. The van der Waals surface area contributed by atoms with Gasteiger partial charge in [-0.1, -0.05) is 12.1 Å². The number of anilines is 1. The molecule has 0 unspecified atom stereocenters. The highest BCUT2D eigenvalue weighted by Crippen LogP contribution is 2.35. The van der Waals surface area contributed by atoms with Gasteiger partial charge in [0.2, 0.25) is 11.4 Å². The van der Waals surface area contributed by atoms with Crippen LogP contribution in [-0.2, 0) is 0 Å². The fourth-order valence-electron chi connectivity index (χ4n) is 2.00. The van der Waals surface area contributed by atoms with Crippen LogP contribution in [0.2, 0.25) is 0 Å². The monoisotopic (exact) mass is 285 g/mol. The molecule has 0 aliphatic carbocycles. The van der Waals surface area contributed by atoms with Crippen molar-refractivity contribution in [1.82, 2.24) is 14.4 Å². The van der Waals surface area contributed by atoms with Crippen LogP contribution in [0.1, 0.15) is 5.56 Å². The second kappa shape index (κ2) is 4.75. The van der Waals surface area contributed by atoms with Crippen LogP contribution in [0.5, 0.6) is 11.6 Å². The molecule has 2 N–H and O–H groups in total. The van der Waals surface area contributed by atoms with Crippen molar-refractivity contribution >= 4 is 17.2 Å². The van der Waals surface area contributed by atoms with Crippen molar-refractivity contribution in [3.05, 3.63) is 52.5 Å². The molecule has 106 valence electrons. The predicted molar refractivity (Wildman–Crippen MR) is 75.3 cm³/mol. The van der Waals surface area contributed by atoms with Crippen molar-refractivity contribution in [2.75, 3.05) is 5.73 Å². The molecule has 8 nitrogen and oxygen atoms in total. The molecule has 0 atom stereocenters. The van der Waals surface area contributed by atoms with Gasteiger partial charge in [-0.3, -0.25) is 14.5 Å². The molecule has 2 heterocycles. The maximum absolute atomic E-state index is 11.1. The van der Waals surface area contributed by atoms with Crippen molar-refractivity contribution in [3.63, 3.8) is 0 Å². The zero-order valence-electron chi connectivity index (χ0n) is 11.1. The molecule has 21 heavy (non-hydrogen) atoms. The van der Waals surface area contributed by atoms with Gasteiger partial charge in [0.05, 0.1) is 11.1 Å². The summed E-state index contributed by atoms with van der Waals surface area (Å²) < 4.78 is 7.28. The normalized spacial score (nSPS) is 10.7. The van der Waals surface area contributed by atoms with Gasteiger partial charge in [-0.2, -0.15) is 4.98 Å². The Hall–Kier alpha value is -3.16. The number of nitrogens with zero attached hydrogens (tertiary/aromatic N) is 4. The maximum Gasteiger partial charge on any atom is 0.311 e. The van der Waals surface area contributed by atoms with Crippen LogP contribution in [0, 0.1) is 17.0 Å². The Bertz CT molecular complexity index is 843. The van der Waals surface area contributed by atoms with Crippen molar-refractivity contribution in [2.45, 2.75) is 6.92 Å². The number of nitro groups is 1. The molecule has 3 aromatic rings. The molecule has 0 saturated carbocycles. The molecular weight excluding hydrogens is 274 g/mol. The van der Waals surface area contributed by atoms with E-state index in [2.05, 4.69) is 9.97 Å². The Morgan fingerprint density at radius 1 is 1.43 bits per heavy atom. The number of para-hydroxylation sites is 1. The van der Waals surface area contributed by atoms with Crippen LogP contribution >= 0.6 is 0 Å². The lowest BCUT2D eigenvalue weighted by molar-refractivity contribution is -0.385. The van der Waals surface area contributed by atoms with Gasteiger partial charge in [0, 0.05) is 18.5 Å². The minimum absolute atomic E-state index is 0.123. The zero-order chi connectivity index (χ0) is 15.0. The van der Waals surface area contributed by atoms with E-state index in [0.717, 1.165) is 0 Å². The number of nitrogens with two attached hydrogens (primary N) is 1. The molecule has 0 aliphatic heterocycles. The van der Waals surface area contributed by atoms with Gasteiger partial charge < -0.3 is 10.5 Å². The standard InChI is InChI=1S/C13H11N5O3/c1-8-3-2-4-9(18(19)20)11(8)21-13-12-15-5-6-17(12)7-10(14)16-13/h2-7H,14H2,1H3. The van der Waals surface area contributed by atoms with Crippen LogP contribution in [-0.4, -0.2) is 19.3 Å². The quantitative estimate of drug-likeness (QED) is 0.584. The first-order valence-electron chi connectivity index (χ1n) is 6.07. The lowest BCUT2D eigenvalue weighted by Gasteiger charge is -2.09. The molecule has 0 spiro atoms. The van der Waals surface area contributed by atoms with Crippen LogP contribution in [0.15, 0.2) is 36.8 Å². The van der Waals surface area contributed by atoms with E-state index in [1.807, 2.05) is 0 Å².